The van der Waals surface area contributed by atoms with Crippen LogP contribution in [0, 0.1) is 18.3 Å². The number of rotatable bonds is 5. The van der Waals surface area contributed by atoms with Crippen LogP contribution in [0.3, 0.4) is 0 Å². The third-order valence-electron chi connectivity index (χ3n) is 6.57. The third kappa shape index (κ3) is 4.64. The maximum atomic E-state index is 13.2. The molecule has 0 aliphatic carbocycles. The highest BCUT2D eigenvalue weighted by atomic mass is 16.7. The van der Waals surface area contributed by atoms with Crippen LogP contribution < -0.4 is 10.2 Å². The number of carbonyl (C=O) groups is 1. The lowest BCUT2D eigenvalue weighted by atomic mass is 10.0. The molecule has 8 heteroatoms. The number of hydrazine groups is 1. The molecule has 2 saturated heterocycles. The van der Waals surface area contributed by atoms with E-state index in [1.165, 1.54) is 0 Å². The monoisotopic (exact) mass is 459 g/mol. The molecule has 34 heavy (non-hydrogen) atoms. The lowest BCUT2D eigenvalue weighted by molar-refractivity contribution is -0.270. The molecule has 0 bridgehead atoms. The minimum atomic E-state index is -0.226. The van der Waals surface area contributed by atoms with Gasteiger partial charge in [-0.05, 0) is 67.3 Å². The molecule has 1 unspecified atom stereocenters. The van der Waals surface area contributed by atoms with E-state index in [-0.39, 0.29) is 11.9 Å². The number of anilines is 2. The van der Waals surface area contributed by atoms with E-state index in [1.807, 2.05) is 41.6 Å². The van der Waals surface area contributed by atoms with Crippen LogP contribution in [0.25, 0.3) is 0 Å². The first kappa shape index (κ1) is 22.4. The van der Waals surface area contributed by atoms with E-state index in [4.69, 9.17) is 9.57 Å². The zero-order chi connectivity index (χ0) is 23.5. The molecular formula is C26H29N5O3. The van der Waals surface area contributed by atoms with Gasteiger partial charge in [0, 0.05) is 43.1 Å². The van der Waals surface area contributed by atoms with Crippen molar-refractivity contribution in [1.82, 2.24) is 10.2 Å². The Kier molecular flexibility index (Phi) is 6.50. The summed E-state index contributed by atoms with van der Waals surface area (Å²) in [7, 11) is 0. The third-order valence-corrected chi connectivity index (χ3v) is 6.57. The van der Waals surface area contributed by atoms with E-state index in [0.29, 0.717) is 30.0 Å². The highest BCUT2D eigenvalue weighted by molar-refractivity contribution is 6.05. The molecule has 8 nitrogen and oxygen atoms in total. The number of hydroxylamine groups is 1. The Balaban J connectivity index is 1.37. The number of ether oxygens (including phenoxy) is 1. The second kappa shape index (κ2) is 9.85. The minimum Gasteiger partial charge on any atom is -0.398 e. The molecule has 1 amide bonds. The first-order chi connectivity index (χ1) is 16.6. The standard InChI is InChI=1S/C26H29N5O3/c1-19-4-5-22(17-24(19)25-6-11-34-31(25)30-9-12-33-13-10-30)28-26(32)21-14-20(18-27)15-23(16-21)29-7-2-3-8-29/h4-6,11,14-17,25H,2-3,7-10,12-13H2,1H3,(H,28,32). The van der Waals surface area contributed by atoms with E-state index in [1.54, 1.807) is 12.3 Å². The molecule has 2 fully saturated rings. The van der Waals surface area contributed by atoms with Crippen LogP contribution >= 0.6 is 0 Å². The Morgan fingerprint density at radius 1 is 1.09 bits per heavy atom. The highest BCUT2D eigenvalue weighted by Crippen LogP contribution is 2.33. The van der Waals surface area contributed by atoms with Crippen LogP contribution in [0.5, 0.6) is 0 Å². The molecular weight excluding hydrogens is 430 g/mol. The van der Waals surface area contributed by atoms with Gasteiger partial charge in [-0.1, -0.05) is 11.2 Å². The Morgan fingerprint density at radius 3 is 2.65 bits per heavy atom. The van der Waals surface area contributed by atoms with Crippen LogP contribution in [0.2, 0.25) is 0 Å². The summed E-state index contributed by atoms with van der Waals surface area (Å²) in [6.45, 7) is 6.83. The molecule has 3 aliphatic rings. The molecule has 2 aromatic carbocycles. The molecule has 2 aromatic rings. The predicted octanol–water partition coefficient (Wildman–Crippen LogP) is 3.77. The molecule has 0 spiro atoms. The molecule has 1 N–H and O–H groups in total. The normalized spacial score (nSPS) is 20.8. The van der Waals surface area contributed by atoms with Crippen molar-refractivity contribution >= 4 is 17.3 Å². The molecule has 1 atom stereocenters. The number of benzene rings is 2. The fourth-order valence-corrected chi connectivity index (χ4v) is 4.73. The quantitative estimate of drug-likeness (QED) is 0.729. The Morgan fingerprint density at radius 2 is 1.88 bits per heavy atom. The van der Waals surface area contributed by atoms with Gasteiger partial charge in [-0.3, -0.25) is 4.79 Å². The topological polar surface area (TPSA) is 81.1 Å². The SMILES string of the molecule is Cc1ccc(NC(=O)c2cc(C#N)cc(N3CCCC3)c2)cc1C1C=CON1N1CCOCC1. The average Bonchev–Trinajstić information content (AvgIpc) is 3.58. The van der Waals surface area contributed by atoms with Crippen molar-refractivity contribution in [1.29, 1.82) is 5.26 Å². The molecule has 176 valence electrons. The van der Waals surface area contributed by atoms with Crippen LogP contribution in [0.1, 0.15) is 45.9 Å². The van der Waals surface area contributed by atoms with Gasteiger partial charge in [-0.25, -0.2) is 5.01 Å². The number of morpholine rings is 1. The maximum Gasteiger partial charge on any atom is 0.255 e. The number of amides is 1. The molecule has 3 heterocycles. The maximum absolute atomic E-state index is 13.2. The molecule has 3 aliphatic heterocycles. The van der Waals surface area contributed by atoms with Crippen molar-refractivity contribution in [3.8, 4) is 6.07 Å². The van der Waals surface area contributed by atoms with E-state index in [9.17, 15) is 10.1 Å². The number of aryl methyl sites for hydroxylation is 1. The molecule has 0 aromatic heterocycles. The summed E-state index contributed by atoms with van der Waals surface area (Å²) in [6.07, 6.45) is 5.98. The van der Waals surface area contributed by atoms with Crippen molar-refractivity contribution in [2.45, 2.75) is 25.8 Å². The van der Waals surface area contributed by atoms with Gasteiger partial charge in [0.05, 0.1) is 24.8 Å². The zero-order valence-electron chi connectivity index (χ0n) is 19.4. The summed E-state index contributed by atoms with van der Waals surface area (Å²) in [5.41, 5.74) is 4.79. The van der Waals surface area contributed by atoms with Gasteiger partial charge < -0.3 is 19.8 Å². The average molecular weight is 460 g/mol. The summed E-state index contributed by atoms with van der Waals surface area (Å²) >= 11 is 0. The fourth-order valence-electron chi connectivity index (χ4n) is 4.73. The molecule has 0 radical (unpaired) electrons. The Hall–Kier alpha value is -3.38. The van der Waals surface area contributed by atoms with Crippen LogP contribution in [0.4, 0.5) is 11.4 Å². The smallest absolute Gasteiger partial charge is 0.255 e. The van der Waals surface area contributed by atoms with Crippen LogP contribution in [-0.4, -0.2) is 55.5 Å². The fraction of sp³-hybridized carbons (Fsp3) is 0.385. The van der Waals surface area contributed by atoms with Crippen molar-refractivity contribution < 1.29 is 14.4 Å². The summed E-state index contributed by atoms with van der Waals surface area (Å²) in [4.78, 5) is 21.2. The predicted molar refractivity (Wildman–Crippen MR) is 129 cm³/mol. The van der Waals surface area contributed by atoms with Gasteiger partial charge in [0.2, 0.25) is 0 Å². The summed E-state index contributed by atoms with van der Waals surface area (Å²) in [5, 5.41) is 16.5. The van der Waals surface area contributed by atoms with Crippen molar-refractivity contribution in [3.05, 3.63) is 71.0 Å². The summed E-state index contributed by atoms with van der Waals surface area (Å²) in [6, 6.07) is 13.4. The Labute approximate surface area is 199 Å². The van der Waals surface area contributed by atoms with E-state index < -0.39 is 0 Å². The Bertz CT molecular complexity index is 1130. The largest absolute Gasteiger partial charge is 0.398 e. The van der Waals surface area contributed by atoms with Gasteiger partial charge >= 0.3 is 0 Å². The van der Waals surface area contributed by atoms with Gasteiger partial charge in [0.15, 0.2) is 0 Å². The first-order valence-electron chi connectivity index (χ1n) is 11.8. The number of nitriles is 1. The first-order valence-corrected chi connectivity index (χ1v) is 11.8. The zero-order valence-corrected chi connectivity index (χ0v) is 19.4. The van der Waals surface area contributed by atoms with Gasteiger partial charge in [0.25, 0.3) is 5.91 Å². The van der Waals surface area contributed by atoms with Gasteiger partial charge in [-0.2, -0.15) is 5.26 Å². The number of carbonyl (C=O) groups excluding carboxylic acids is 1. The minimum absolute atomic E-state index is 0.0846. The second-order valence-corrected chi connectivity index (χ2v) is 8.85. The number of nitrogens with one attached hydrogen (secondary N) is 1. The number of nitrogens with zero attached hydrogens (tertiary/aromatic N) is 4. The van der Waals surface area contributed by atoms with E-state index in [0.717, 1.165) is 55.8 Å². The van der Waals surface area contributed by atoms with E-state index in [2.05, 4.69) is 28.2 Å². The van der Waals surface area contributed by atoms with Crippen LogP contribution in [0.15, 0.2) is 48.7 Å². The highest BCUT2D eigenvalue weighted by Gasteiger charge is 2.31. The van der Waals surface area contributed by atoms with Crippen molar-refractivity contribution in [2.24, 2.45) is 0 Å². The van der Waals surface area contributed by atoms with Crippen molar-refractivity contribution in [2.75, 3.05) is 49.6 Å². The molecule has 0 saturated carbocycles. The number of hydrogen-bond acceptors (Lipinski definition) is 7. The lowest BCUT2D eigenvalue weighted by Gasteiger charge is -2.36. The summed E-state index contributed by atoms with van der Waals surface area (Å²) < 4.78 is 5.47. The molecule has 5 rings (SSSR count). The second-order valence-electron chi connectivity index (χ2n) is 8.85. The summed E-state index contributed by atoms with van der Waals surface area (Å²) in [5.74, 6) is -0.226. The van der Waals surface area contributed by atoms with E-state index >= 15 is 0 Å². The van der Waals surface area contributed by atoms with Crippen LogP contribution in [-0.2, 0) is 9.57 Å². The lowest BCUT2D eigenvalue weighted by Crippen LogP contribution is -2.47. The van der Waals surface area contributed by atoms with Gasteiger partial charge in [0.1, 0.15) is 12.3 Å². The number of hydrogen-bond donors (Lipinski definition) is 1. The van der Waals surface area contributed by atoms with Gasteiger partial charge in [-0.15, -0.1) is 0 Å². The van der Waals surface area contributed by atoms with Crippen molar-refractivity contribution in [3.63, 3.8) is 0 Å².